The van der Waals surface area contributed by atoms with Gasteiger partial charge in [0.25, 0.3) is 0 Å². The van der Waals surface area contributed by atoms with Crippen LogP contribution in [0.15, 0.2) is 66.7 Å². The number of nitrogens with one attached hydrogen (secondary N) is 5. The van der Waals surface area contributed by atoms with Crippen molar-refractivity contribution in [3.8, 4) is 5.75 Å². The van der Waals surface area contributed by atoms with Crippen molar-refractivity contribution in [3.63, 3.8) is 0 Å². The molecule has 448 valence electrons. The fourth-order valence-electron chi connectivity index (χ4n) is 8.54. The van der Waals surface area contributed by atoms with Crippen LogP contribution in [0.3, 0.4) is 0 Å². The second-order valence-electron chi connectivity index (χ2n) is 22.6. The molecule has 0 heterocycles. The predicted molar refractivity (Wildman–Crippen MR) is 308 cm³/mol. The van der Waals surface area contributed by atoms with Crippen LogP contribution in [0.2, 0.25) is 0 Å². The summed E-state index contributed by atoms with van der Waals surface area (Å²) < 4.78 is 20.4. The van der Waals surface area contributed by atoms with E-state index >= 15 is 4.79 Å². The van der Waals surface area contributed by atoms with E-state index < -0.39 is 125 Å². The molecule has 8 N–H and O–H groups in total. The first kappa shape index (κ1) is 71.2. The van der Waals surface area contributed by atoms with Gasteiger partial charge in [-0.3, -0.25) is 14.4 Å². The molecule has 0 spiro atoms. The molecule has 10 atom stereocenters. The number of aliphatic hydroxyl groups is 1. The monoisotopic (exact) mass is 1320 g/mol. The molecule has 2 aromatic carbocycles. The molecule has 0 saturated heterocycles. The van der Waals surface area contributed by atoms with Gasteiger partial charge in [0, 0.05) is 27.1 Å². The van der Waals surface area contributed by atoms with Crippen molar-refractivity contribution in [1.82, 2.24) is 34.2 Å². The van der Waals surface area contributed by atoms with Crippen LogP contribution < -0.4 is 34.9 Å². The van der Waals surface area contributed by atoms with Crippen LogP contribution in [0.5, 0.6) is 5.75 Å². The summed E-state index contributed by atoms with van der Waals surface area (Å²) in [5.41, 5.74) is 6.97. The summed E-state index contributed by atoms with van der Waals surface area (Å²) in [6.45, 7) is 24.7. The van der Waals surface area contributed by atoms with Crippen molar-refractivity contribution in [2.24, 2.45) is 29.4 Å². The molecule has 0 fully saturated rings. The summed E-state index contributed by atoms with van der Waals surface area (Å²) in [5, 5.41) is 20.1. The normalized spacial score (nSPS) is 15.1. The Labute approximate surface area is 495 Å². The number of hydrogen-bond acceptors (Lipinski definition) is 14. The van der Waals surface area contributed by atoms with Gasteiger partial charge in [0.2, 0.25) is 17.7 Å². The Morgan fingerprint density at radius 2 is 1.31 bits per heavy atom. The number of likely N-dealkylation sites (N-methyl/N-ethyl adjacent to an activating group) is 2. The van der Waals surface area contributed by atoms with Crippen LogP contribution in [0, 0.1) is 23.7 Å². The molecule has 0 radical (unpaired) electrons. The van der Waals surface area contributed by atoms with E-state index in [9.17, 15) is 43.5 Å². The number of esters is 2. The Morgan fingerprint density at radius 1 is 0.716 bits per heavy atom. The maximum absolute atomic E-state index is 15.3. The second kappa shape index (κ2) is 34.5. The third kappa shape index (κ3) is 23.4. The van der Waals surface area contributed by atoms with Gasteiger partial charge in [0.1, 0.15) is 30.0 Å². The average molecular weight is 1320 g/mol. The Bertz CT molecular complexity index is 2420. The molecule has 0 aliphatic heterocycles. The standard InChI is InChI=1S/C59H92N8O13.Tl/c1-16-36(7)48(64-52(71)43(60)24-21-29-68)56(75)66(14)45(32-40-25-27-42(28-26-40)80-59(11,12)13)55(74)67(15)50(37(8)17-2)58(77)79-39(10)49(65-53(72)47(38(9)31-46(61)69)63-51(70)35(5)6)54(73)62-44(30-34(3)4)57(76)78-33-41-22-19-18-20-23-41;/h18-20,22-23,25-28,34-37,39,43-45,47-50,68H,9,16-17,21,24,29-33,60H2,1-8,10-15H3,(H6,61,62,63,64,65,69,70,71,72,73);/q;+1/p-1/t36-,37-,39+,43-,44-,45-,47-,48-,49?,50-;/m0./s1. The predicted octanol–water partition coefficient (Wildman–Crippen LogP) is 3.71. The summed E-state index contributed by atoms with van der Waals surface area (Å²) in [6, 6.07) is 6.54. The molecule has 22 heteroatoms. The smallest absolute Gasteiger partial charge is 0.488 e. The number of carbonyl (C=O) groups is 9. The van der Waals surface area contributed by atoms with Crippen LogP contribution in [0.1, 0.15) is 133 Å². The van der Waals surface area contributed by atoms with Crippen LogP contribution >= 0.6 is 0 Å². The SMILES string of the molecule is C=C(CC(=O)[NH][Tl])[C@H](NC(=O)C(C)C)C(=O)NC(C(=O)N[C@@H](CC(C)C)C(=O)OCc1ccccc1)[C@@H](C)OC(=O)[C@H]([C@@H](C)CC)N(C)C(=O)[C@H](Cc1ccc(OC(C)(C)C)cc1)N(C)C(=O)[C@@H](NC(=O)[C@@H](N)CCCO)[C@@H](C)CC. The van der Waals surface area contributed by atoms with E-state index in [1.165, 1.54) is 30.8 Å². The van der Waals surface area contributed by atoms with Gasteiger partial charge in [-0.1, -0.05) is 96.8 Å². The third-order valence-corrected chi connectivity index (χ3v) is 15.0. The van der Waals surface area contributed by atoms with E-state index in [-0.39, 0.29) is 82.9 Å². The number of amides is 7. The summed E-state index contributed by atoms with van der Waals surface area (Å²) in [7, 11) is 2.84. The quantitative estimate of drug-likeness (QED) is 0.0305. The van der Waals surface area contributed by atoms with Gasteiger partial charge in [0.05, 0.1) is 6.04 Å². The zero-order valence-corrected chi connectivity index (χ0v) is 54.6. The molecule has 0 aliphatic rings. The zero-order chi connectivity index (χ0) is 61.5. The van der Waals surface area contributed by atoms with Crippen LogP contribution in [0.4, 0.5) is 0 Å². The Hall–Kier alpha value is -5.95. The van der Waals surface area contributed by atoms with E-state index in [0.717, 1.165) is 0 Å². The van der Waals surface area contributed by atoms with Crippen molar-refractivity contribution in [2.45, 2.75) is 189 Å². The first-order valence-corrected chi connectivity index (χ1v) is 30.1. The fourth-order valence-corrected chi connectivity index (χ4v) is 8.93. The van der Waals surface area contributed by atoms with Crippen LogP contribution in [-0.4, -0.2) is 169 Å². The molecule has 0 saturated carbocycles. The van der Waals surface area contributed by atoms with Crippen molar-refractivity contribution in [1.29, 1.82) is 0 Å². The van der Waals surface area contributed by atoms with Crippen molar-refractivity contribution < 1.29 is 62.5 Å². The first-order chi connectivity index (χ1) is 37.9. The molecular weight excluding hydrogens is 1230 g/mol. The van der Waals surface area contributed by atoms with Gasteiger partial charge < -0.3 is 35.4 Å². The Kier molecular flexibility index (Phi) is 30.3. The topological polar surface area (TPSA) is 294 Å². The van der Waals surface area contributed by atoms with Gasteiger partial charge in [-0.15, -0.1) is 0 Å². The molecule has 7 amide bonds. The van der Waals surface area contributed by atoms with Crippen molar-refractivity contribution in [3.05, 3.63) is 77.9 Å². The van der Waals surface area contributed by atoms with Crippen LogP contribution in [0.25, 0.3) is 0 Å². The molecule has 1 unspecified atom stereocenters. The molecule has 21 nitrogen and oxygen atoms in total. The minimum absolute atomic E-state index is 0.00531. The number of nitrogens with two attached hydrogens (primary N) is 1. The number of hydrogen-bond donors (Lipinski definition) is 7. The fraction of sp³-hybridized carbons (Fsp3) is 0.610. The van der Waals surface area contributed by atoms with E-state index in [0.29, 0.717) is 29.7 Å². The second-order valence-corrected chi connectivity index (χ2v) is 23.7. The molecule has 81 heavy (non-hydrogen) atoms. The van der Waals surface area contributed by atoms with Gasteiger partial charge in [-0.05, 0) is 74.6 Å². The maximum atomic E-state index is 15.3. The third-order valence-electron chi connectivity index (χ3n) is 13.8. The number of ether oxygens (including phenoxy) is 3. The Morgan fingerprint density at radius 3 is 1.84 bits per heavy atom. The molecular formula is C59H91N8O13Tl. The average Bonchev–Trinajstić information content (AvgIpc) is 3.44. The molecule has 2 rings (SSSR count). The minimum Gasteiger partial charge on any atom is -0.488 e. The van der Waals surface area contributed by atoms with Crippen molar-refractivity contribution >= 4 is 79.4 Å². The van der Waals surface area contributed by atoms with Gasteiger partial charge in [0.15, 0.2) is 0 Å². The first-order valence-electron chi connectivity index (χ1n) is 27.9. The van der Waals surface area contributed by atoms with Crippen LogP contribution in [-0.2, 0) is 65.7 Å². The van der Waals surface area contributed by atoms with E-state index in [4.69, 9.17) is 19.9 Å². The Balaban J connectivity index is 2.78. The van der Waals surface area contributed by atoms with Gasteiger partial charge >= 0.3 is 191 Å². The van der Waals surface area contributed by atoms with E-state index in [1.807, 2.05) is 47.6 Å². The zero-order valence-electron chi connectivity index (χ0n) is 50.1. The summed E-state index contributed by atoms with van der Waals surface area (Å²) in [4.78, 5) is 130. The van der Waals surface area contributed by atoms with Crippen molar-refractivity contribution in [2.75, 3.05) is 20.7 Å². The number of rotatable bonds is 33. The van der Waals surface area contributed by atoms with Gasteiger partial charge in [-0.2, -0.15) is 0 Å². The number of nitrogens with zero attached hydrogens (tertiary/aromatic N) is 2. The number of carbonyl (C=O) groups excluding carboxylic acids is 9. The van der Waals surface area contributed by atoms with E-state index in [2.05, 4.69) is 31.0 Å². The van der Waals surface area contributed by atoms with Gasteiger partial charge in [-0.25, -0.2) is 4.79 Å². The molecule has 2 aromatic rings. The summed E-state index contributed by atoms with van der Waals surface area (Å²) >= 11 is 0.0680. The summed E-state index contributed by atoms with van der Waals surface area (Å²) in [5.74, 6) is -7.86. The molecule has 0 aliphatic carbocycles. The number of benzene rings is 2. The van der Waals surface area contributed by atoms with E-state index in [1.54, 1.807) is 83.1 Å². The summed E-state index contributed by atoms with van der Waals surface area (Å²) in [6.07, 6.45) is -0.628. The molecule has 0 bridgehead atoms. The molecule has 0 aromatic heterocycles. The minimum atomic E-state index is -1.78. The number of aliphatic hydroxyl groups excluding tert-OH is 1.